The van der Waals surface area contributed by atoms with Crippen molar-refractivity contribution >= 4 is 0 Å². The summed E-state index contributed by atoms with van der Waals surface area (Å²) >= 11 is 0. The molecule has 0 saturated heterocycles. The molecular weight excluding hydrogens is 244 g/mol. The van der Waals surface area contributed by atoms with Crippen molar-refractivity contribution in [2.24, 2.45) is 5.73 Å². The first-order valence-corrected chi connectivity index (χ1v) is 8.41. The van der Waals surface area contributed by atoms with Crippen LogP contribution in [0.5, 0.6) is 0 Å². The SMILES string of the molecule is NCCCN(Cc1ccc2c(c1)CCC2)C1CCCC1. The summed E-state index contributed by atoms with van der Waals surface area (Å²) < 4.78 is 0. The van der Waals surface area contributed by atoms with E-state index in [4.69, 9.17) is 5.73 Å². The van der Waals surface area contributed by atoms with Gasteiger partial charge in [0.1, 0.15) is 0 Å². The summed E-state index contributed by atoms with van der Waals surface area (Å²) in [6.45, 7) is 3.10. The van der Waals surface area contributed by atoms with E-state index in [2.05, 4.69) is 23.1 Å². The highest BCUT2D eigenvalue weighted by Crippen LogP contribution is 2.27. The second-order valence-electron chi connectivity index (χ2n) is 6.51. The van der Waals surface area contributed by atoms with Gasteiger partial charge in [-0.3, -0.25) is 4.90 Å². The maximum atomic E-state index is 5.72. The molecule has 0 aliphatic heterocycles. The lowest BCUT2D eigenvalue weighted by molar-refractivity contribution is 0.188. The Bertz CT molecular complexity index is 435. The molecule has 1 saturated carbocycles. The topological polar surface area (TPSA) is 29.3 Å². The van der Waals surface area contributed by atoms with Crippen LogP contribution in [0.4, 0.5) is 0 Å². The Morgan fingerprint density at radius 3 is 2.65 bits per heavy atom. The fourth-order valence-electron chi connectivity index (χ4n) is 3.91. The number of fused-ring (bicyclic) bond motifs is 1. The summed E-state index contributed by atoms with van der Waals surface area (Å²) in [5.41, 5.74) is 10.4. The molecule has 0 unspecified atom stereocenters. The van der Waals surface area contributed by atoms with Crippen molar-refractivity contribution in [3.63, 3.8) is 0 Å². The maximum Gasteiger partial charge on any atom is 0.0236 e. The number of aryl methyl sites for hydroxylation is 2. The third-order valence-corrected chi connectivity index (χ3v) is 5.04. The molecule has 1 aromatic carbocycles. The van der Waals surface area contributed by atoms with Crippen LogP contribution >= 0.6 is 0 Å². The molecule has 2 aliphatic carbocycles. The molecule has 1 fully saturated rings. The van der Waals surface area contributed by atoms with Gasteiger partial charge in [0.25, 0.3) is 0 Å². The van der Waals surface area contributed by atoms with Crippen LogP contribution in [0.2, 0.25) is 0 Å². The van der Waals surface area contributed by atoms with Gasteiger partial charge in [-0.25, -0.2) is 0 Å². The molecule has 0 atom stereocenters. The third kappa shape index (κ3) is 3.24. The van der Waals surface area contributed by atoms with E-state index in [0.717, 1.165) is 32.1 Å². The predicted octanol–water partition coefficient (Wildman–Crippen LogP) is 3.27. The summed E-state index contributed by atoms with van der Waals surface area (Å²) in [4.78, 5) is 2.69. The van der Waals surface area contributed by atoms with Crippen molar-refractivity contribution in [1.29, 1.82) is 0 Å². The highest BCUT2D eigenvalue weighted by atomic mass is 15.2. The van der Waals surface area contributed by atoms with E-state index in [1.54, 1.807) is 11.1 Å². The zero-order chi connectivity index (χ0) is 13.8. The molecular formula is C18H28N2. The Hall–Kier alpha value is -0.860. The Labute approximate surface area is 123 Å². The van der Waals surface area contributed by atoms with Crippen molar-refractivity contribution < 1.29 is 0 Å². The van der Waals surface area contributed by atoms with Crippen LogP contribution in [0.3, 0.4) is 0 Å². The molecule has 20 heavy (non-hydrogen) atoms. The zero-order valence-electron chi connectivity index (χ0n) is 12.6. The van der Waals surface area contributed by atoms with E-state index in [1.165, 1.54) is 50.5 Å². The fourth-order valence-corrected chi connectivity index (χ4v) is 3.91. The zero-order valence-corrected chi connectivity index (χ0v) is 12.6. The first-order valence-electron chi connectivity index (χ1n) is 8.41. The van der Waals surface area contributed by atoms with Crippen molar-refractivity contribution in [2.45, 2.75) is 64.0 Å². The third-order valence-electron chi connectivity index (χ3n) is 5.04. The Balaban J connectivity index is 1.68. The van der Waals surface area contributed by atoms with Gasteiger partial charge in [-0.1, -0.05) is 31.0 Å². The summed E-state index contributed by atoms with van der Waals surface area (Å²) in [5.74, 6) is 0. The van der Waals surface area contributed by atoms with Gasteiger partial charge in [0, 0.05) is 12.6 Å². The van der Waals surface area contributed by atoms with Crippen LogP contribution in [0, 0.1) is 0 Å². The minimum atomic E-state index is 0.801. The lowest BCUT2D eigenvalue weighted by atomic mass is 10.0. The van der Waals surface area contributed by atoms with E-state index in [-0.39, 0.29) is 0 Å². The molecule has 0 spiro atoms. The largest absolute Gasteiger partial charge is 0.330 e. The number of benzene rings is 1. The summed E-state index contributed by atoms with van der Waals surface area (Å²) in [7, 11) is 0. The van der Waals surface area contributed by atoms with Crippen molar-refractivity contribution in [1.82, 2.24) is 4.90 Å². The monoisotopic (exact) mass is 272 g/mol. The quantitative estimate of drug-likeness (QED) is 0.861. The standard InChI is InChI=1S/C18H28N2/c19-11-4-12-20(18-7-1-2-8-18)14-15-9-10-16-5-3-6-17(16)13-15/h9-10,13,18H,1-8,11-12,14,19H2. The second kappa shape index (κ2) is 6.73. The minimum absolute atomic E-state index is 0.801. The summed E-state index contributed by atoms with van der Waals surface area (Å²) in [6.07, 6.45) is 10.6. The van der Waals surface area contributed by atoms with Crippen LogP contribution in [0.1, 0.15) is 55.2 Å². The number of rotatable bonds is 6. The van der Waals surface area contributed by atoms with Crippen LogP contribution in [-0.4, -0.2) is 24.0 Å². The fraction of sp³-hybridized carbons (Fsp3) is 0.667. The molecule has 0 amide bonds. The van der Waals surface area contributed by atoms with Gasteiger partial charge < -0.3 is 5.73 Å². The van der Waals surface area contributed by atoms with Crippen molar-refractivity contribution in [3.8, 4) is 0 Å². The summed E-state index contributed by atoms with van der Waals surface area (Å²) in [6, 6.07) is 7.99. The number of hydrogen-bond donors (Lipinski definition) is 1. The Morgan fingerprint density at radius 1 is 1.05 bits per heavy atom. The van der Waals surface area contributed by atoms with Gasteiger partial charge in [-0.05, 0) is 68.3 Å². The normalized spacial score (nSPS) is 18.9. The molecule has 2 heteroatoms. The van der Waals surface area contributed by atoms with Gasteiger partial charge in [-0.2, -0.15) is 0 Å². The number of hydrogen-bond acceptors (Lipinski definition) is 2. The first-order chi connectivity index (χ1) is 9.86. The van der Waals surface area contributed by atoms with Gasteiger partial charge in [0.2, 0.25) is 0 Å². The molecule has 0 radical (unpaired) electrons. The van der Waals surface area contributed by atoms with Crippen LogP contribution in [0.25, 0.3) is 0 Å². The molecule has 0 bridgehead atoms. The summed E-state index contributed by atoms with van der Waals surface area (Å²) in [5, 5.41) is 0. The van der Waals surface area contributed by atoms with E-state index in [0.29, 0.717) is 0 Å². The highest BCUT2D eigenvalue weighted by Gasteiger charge is 2.22. The van der Waals surface area contributed by atoms with Crippen molar-refractivity contribution in [2.75, 3.05) is 13.1 Å². The van der Waals surface area contributed by atoms with E-state index in [1.807, 2.05) is 0 Å². The molecule has 2 nitrogen and oxygen atoms in total. The van der Waals surface area contributed by atoms with E-state index >= 15 is 0 Å². The van der Waals surface area contributed by atoms with Gasteiger partial charge in [-0.15, -0.1) is 0 Å². The van der Waals surface area contributed by atoms with Crippen LogP contribution < -0.4 is 5.73 Å². The predicted molar refractivity (Wildman–Crippen MR) is 84.8 cm³/mol. The average Bonchev–Trinajstić information content (AvgIpc) is 3.13. The first kappa shape index (κ1) is 14.1. The molecule has 1 aromatic rings. The lowest BCUT2D eigenvalue weighted by Gasteiger charge is -2.29. The van der Waals surface area contributed by atoms with Gasteiger partial charge >= 0.3 is 0 Å². The highest BCUT2D eigenvalue weighted by molar-refractivity contribution is 5.35. The van der Waals surface area contributed by atoms with Crippen molar-refractivity contribution in [3.05, 3.63) is 34.9 Å². The van der Waals surface area contributed by atoms with Crippen LogP contribution in [0.15, 0.2) is 18.2 Å². The molecule has 2 aliphatic rings. The maximum absolute atomic E-state index is 5.72. The van der Waals surface area contributed by atoms with Gasteiger partial charge in [0.05, 0.1) is 0 Å². The Morgan fingerprint density at radius 2 is 1.85 bits per heavy atom. The molecule has 110 valence electrons. The minimum Gasteiger partial charge on any atom is -0.330 e. The molecule has 3 rings (SSSR count). The van der Waals surface area contributed by atoms with Crippen LogP contribution in [-0.2, 0) is 19.4 Å². The Kier molecular flexibility index (Phi) is 4.74. The lowest BCUT2D eigenvalue weighted by Crippen LogP contribution is -2.34. The number of nitrogens with zero attached hydrogens (tertiary/aromatic N) is 1. The molecule has 2 N–H and O–H groups in total. The number of nitrogens with two attached hydrogens (primary N) is 1. The van der Waals surface area contributed by atoms with E-state index in [9.17, 15) is 0 Å². The van der Waals surface area contributed by atoms with E-state index < -0.39 is 0 Å². The molecule has 0 heterocycles. The molecule has 0 aromatic heterocycles. The smallest absolute Gasteiger partial charge is 0.0236 e. The van der Waals surface area contributed by atoms with Gasteiger partial charge in [0.15, 0.2) is 0 Å². The average molecular weight is 272 g/mol. The second-order valence-corrected chi connectivity index (χ2v) is 6.51.